The summed E-state index contributed by atoms with van der Waals surface area (Å²) in [4.78, 5) is 10.5. The number of carbonyl (C=O) groups excluding carboxylic acids is 1. The predicted molar refractivity (Wildman–Crippen MR) is 72.2 cm³/mol. The van der Waals surface area contributed by atoms with Gasteiger partial charge >= 0.3 is 6.18 Å². The van der Waals surface area contributed by atoms with Crippen molar-refractivity contribution in [2.45, 2.75) is 6.18 Å². The number of halogens is 3. The fourth-order valence-corrected chi connectivity index (χ4v) is 1.66. The highest BCUT2D eigenvalue weighted by Crippen LogP contribution is 2.29. The van der Waals surface area contributed by atoms with Gasteiger partial charge in [0.05, 0.1) is 5.56 Å². The Morgan fingerprint density at radius 3 is 1.50 bits per heavy atom. The van der Waals surface area contributed by atoms with Gasteiger partial charge in [-0.2, -0.15) is 13.2 Å². The van der Waals surface area contributed by atoms with Gasteiger partial charge in [-0.3, -0.25) is 4.79 Å². The second kappa shape index (κ2) is 5.74. The smallest absolute Gasteiger partial charge is 0.298 e. The number of benzene rings is 2. The van der Waals surface area contributed by atoms with Crippen molar-refractivity contribution in [3.05, 3.63) is 70.8 Å². The van der Waals surface area contributed by atoms with E-state index >= 15 is 0 Å². The number of aldehydes is 1. The van der Waals surface area contributed by atoms with E-state index in [9.17, 15) is 18.0 Å². The van der Waals surface area contributed by atoms with Gasteiger partial charge in [0, 0.05) is 5.56 Å². The fraction of sp³-hybridized carbons (Fsp3) is 0.0625. The lowest BCUT2D eigenvalue weighted by molar-refractivity contribution is -0.137. The zero-order valence-corrected chi connectivity index (χ0v) is 10.4. The summed E-state index contributed by atoms with van der Waals surface area (Å²) in [6.45, 7) is 0. The summed E-state index contributed by atoms with van der Waals surface area (Å²) in [6.07, 6.45) is -0.0660. The molecule has 0 saturated heterocycles. The van der Waals surface area contributed by atoms with Crippen LogP contribution in [0.2, 0.25) is 0 Å². The standard InChI is InChI=1S/C16H11F3O/c17-16(18,19)15-9-7-13(8-10-15)2-1-12-3-5-14(11-20)6-4-12/h1-11H. The van der Waals surface area contributed by atoms with Crippen LogP contribution >= 0.6 is 0 Å². The van der Waals surface area contributed by atoms with E-state index < -0.39 is 11.7 Å². The summed E-state index contributed by atoms with van der Waals surface area (Å²) < 4.78 is 37.2. The second-order valence-corrected chi connectivity index (χ2v) is 4.24. The van der Waals surface area contributed by atoms with E-state index in [0.29, 0.717) is 11.1 Å². The Labute approximate surface area is 114 Å². The van der Waals surface area contributed by atoms with Crippen LogP contribution in [-0.4, -0.2) is 6.29 Å². The molecule has 0 aliphatic carbocycles. The van der Waals surface area contributed by atoms with Crippen molar-refractivity contribution in [2.24, 2.45) is 0 Å². The molecule has 4 heteroatoms. The van der Waals surface area contributed by atoms with Crippen LogP contribution in [0, 0.1) is 0 Å². The van der Waals surface area contributed by atoms with Gasteiger partial charge in [0.1, 0.15) is 6.29 Å². The lowest BCUT2D eigenvalue weighted by atomic mass is 10.1. The molecule has 0 aliphatic heterocycles. The maximum atomic E-state index is 12.4. The molecule has 2 aromatic rings. The minimum Gasteiger partial charge on any atom is -0.298 e. The van der Waals surface area contributed by atoms with E-state index in [1.807, 2.05) is 0 Å². The van der Waals surface area contributed by atoms with Crippen LogP contribution in [0.5, 0.6) is 0 Å². The molecule has 0 amide bonds. The third-order valence-corrected chi connectivity index (χ3v) is 2.78. The highest BCUT2D eigenvalue weighted by atomic mass is 19.4. The van der Waals surface area contributed by atoms with Crippen molar-refractivity contribution in [2.75, 3.05) is 0 Å². The molecule has 0 saturated carbocycles. The molecule has 0 bridgehead atoms. The molecule has 0 atom stereocenters. The van der Waals surface area contributed by atoms with Gasteiger partial charge in [0.15, 0.2) is 0 Å². The van der Waals surface area contributed by atoms with E-state index in [2.05, 4.69) is 0 Å². The summed E-state index contributed by atoms with van der Waals surface area (Å²) in [7, 11) is 0. The van der Waals surface area contributed by atoms with Gasteiger partial charge in [-0.1, -0.05) is 48.6 Å². The molecule has 0 fully saturated rings. The number of hydrogen-bond donors (Lipinski definition) is 0. The number of hydrogen-bond acceptors (Lipinski definition) is 1. The van der Waals surface area contributed by atoms with Crippen LogP contribution < -0.4 is 0 Å². The molecular weight excluding hydrogens is 265 g/mol. The Kier molecular flexibility index (Phi) is 4.03. The van der Waals surface area contributed by atoms with Crippen LogP contribution in [0.4, 0.5) is 13.2 Å². The Morgan fingerprint density at radius 1 is 0.700 bits per heavy atom. The van der Waals surface area contributed by atoms with Gasteiger partial charge in [0.25, 0.3) is 0 Å². The zero-order chi connectivity index (χ0) is 14.6. The molecule has 0 aliphatic rings. The predicted octanol–water partition coefficient (Wildman–Crippen LogP) is 4.69. The van der Waals surface area contributed by atoms with Gasteiger partial charge in [-0.05, 0) is 23.3 Å². The quantitative estimate of drug-likeness (QED) is 0.587. The Morgan fingerprint density at radius 2 is 1.10 bits per heavy atom. The number of rotatable bonds is 3. The minimum absolute atomic E-state index is 0.580. The van der Waals surface area contributed by atoms with Crippen LogP contribution in [-0.2, 0) is 6.18 Å². The first-order valence-electron chi connectivity index (χ1n) is 5.89. The number of carbonyl (C=O) groups is 1. The minimum atomic E-state index is -4.31. The molecule has 0 unspecified atom stereocenters. The van der Waals surface area contributed by atoms with Gasteiger partial charge < -0.3 is 0 Å². The normalized spacial score (nSPS) is 11.8. The molecule has 1 nitrogen and oxygen atoms in total. The van der Waals surface area contributed by atoms with Gasteiger partial charge in [-0.15, -0.1) is 0 Å². The first kappa shape index (κ1) is 14.1. The molecule has 0 spiro atoms. The summed E-state index contributed by atoms with van der Waals surface area (Å²) in [5.74, 6) is 0. The van der Waals surface area contributed by atoms with E-state index in [4.69, 9.17) is 0 Å². The maximum Gasteiger partial charge on any atom is 0.416 e. The highest BCUT2D eigenvalue weighted by Gasteiger charge is 2.29. The first-order valence-corrected chi connectivity index (χ1v) is 5.89. The second-order valence-electron chi connectivity index (χ2n) is 4.24. The third kappa shape index (κ3) is 3.57. The van der Waals surface area contributed by atoms with Crippen molar-refractivity contribution in [3.63, 3.8) is 0 Å². The number of alkyl halides is 3. The van der Waals surface area contributed by atoms with Crippen molar-refractivity contribution in [1.82, 2.24) is 0 Å². The molecule has 0 heterocycles. The summed E-state index contributed by atoms with van der Waals surface area (Å²) in [5, 5.41) is 0. The fourth-order valence-electron chi connectivity index (χ4n) is 1.66. The van der Waals surface area contributed by atoms with Crippen molar-refractivity contribution < 1.29 is 18.0 Å². The molecule has 0 N–H and O–H groups in total. The molecular formula is C16H11F3O. The summed E-state index contributed by atoms with van der Waals surface area (Å²) in [6, 6.07) is 11.8. The van der Waals surface area contributed by atoms with Crippen molar-refractivity contribution in [1.29, 1.82) is 0 Å². The maximum absolute atomic E-state index is 12.4. The Balaban J connectivity index is 2.12. The monoisotopic (exact) mass is 276 g/mol. The molecule has 0 aromatic heterocycles. The SMILES string of the molecule is O=Cc1ccc(C=Cc2ccc(C(F)(F)F)cc2)cc1. The summed E-state index contributed by atoms with van der Waals surface area (Å²) in [5.41, 5.74) is 1.47. The molecule has 102 valence electrons. The average Bonchev–Trinajstić information content (AvgIpc) is 2.45. The van der Waals surface area contributed by atoms with Crippen molar-refractivity contribution in [3.8, 4) is 0 Å². The van der Waals surface area contributed by atoms with E-state index in [1.165, 1.54) is 12.1 Å². The Bertz CT molecular complexity index is 608. The highest BCUT2D eigenvalue weighted by molar-refractivity contribution is 5.76. The Hall–Kier alpha value is -2.36. The lowest BCUT2D eigenvalue weighted by Crippen LogP contribution is -2.03. The van der Waals surface area contributed by atoms with E-state index in [1.54, 1.807) is 36.4 Å². The largest absolute Gasteiger partial charge is 0.416 e. The summed E-state index contributed by atoms with van der Waals surface area (Å²) >= 11 is 0. The first-order chi connectivity index (χ1) is 9.49. The van der Waals surface area contributed by atoms with Crippen LogP contribution in [0.15, 0.2) is 48.5 Å². The van der Waals surface area contributed by atoms with Gasteiger partial charge in [0.2, 0.25) is 0 Å². The van der Waals surface area contributed by atoms with E-state index in [0.717, 1.165) is 24.0 Å². The molecule has 0 radical (unpaired) electrons. The van der Waals surface area contributed by atoms with E-state index in [-0.39, 0.29) is 0 Å². The molecule has 20 heavy (non-hydrogen) atoms. The average molecular weight is 276 g/mol. The topological polar surface area (TPSA) is 17.1 Å². The van der Waals surface area contributed by atoms with Crippen molar-refractivity contribution >= 4 is 18.4 Å². The van der Waals surface area contributed by atoms with Gasteiger partial charge in [-0.25, -0.2) is 0 Å². The molecule has 2 rings (SSSR count). The third-order valence-electron chi connectivity index (χ3n) is 2.78. The van der Waals surface area contributed by atoms with Crippen LogP contribution in [0.25, 0.3) is 12.2 Å². The zero-order valence-electron chi connectivity index (χ0n) is 10.4. The van der Waals surface area contributed by atoms with Crippen LogP contribution in [0.1, 0.15) is 27.0 Å². The van der Waals surface area contributed by atoms with Crippen LogP contribution in [0.3, 0.4) is 0 Å². The molecule has 2 aromatic carbocycles. The lowest BCUT2D eigenvalue weighted by Gasteiger charge is -2.05.